The van der Waals surface area contributed by atoms with E-state index in [0.29, 0.717) is 10.0 Å². The van der Waals surface area contributed by atoms with Crippen LogP contribution in [0.1, 0.15) is 42.6 Å². The van der Waals surface area contributed by atoms with Crippen LogP contribution in [0, 0.1) is 13.8 Å². The first-order valence-electron chi connectivity index (χ1n) is 9.14. The van der Waals surface area contributed by atoms with Gasteiger partial charge in [0.05, 0.1) is 6.21 Å². The topological polar surface area (TPSA) is 75.5 Å². The van der Waals surface area contributed by atoms with Gasteiger partial charge in [0.1, 0.15) is 0 Å². The summed E-state index contributed by atoms with van der Waals surface area (Å²) in [6.45, 7) is 3.88. The van der Waals surface area contributed by atoms with Crippen LogP contribution < -0.4 is 10.7 Å². The SMILES string of the molecule is Cc1cc(/C=N/NC(=O)C(=O)NC2CCCC2)c(C)n1-c1cc(Cl)cc(Cl)c1. The van der Waals surface area contributed by atoms with Gasteiger partial charge in [0.2, 0.25) is 0 Å². The molecule has 1 saturated carbocycles. The number of nitrogens with zero attached hydrogens (tertiary/aromatic N) is 2. The van der Waals surface area contributed by atoms with Crippen molar-refractivity contribution in [1.82, 2.24) is 15.3 Å². The number of halogens is 2. The number of nitrogens with one attached hydrogen (secondary N) is 2. The molecule has 0 spiro atoms. The molecule has 28 heavy (non-hydrogen) atoms. The third kappa shape index (κ3) is 4.75. The van der Waals surface area contributed by atoms with Crippen LogP contribution in [0.5, 0.6) is 0 Å². The quantitative estimate of drug-likeness (QED) is 0.446. The van der Waals surface area contributed by atoms with Gasteiger partial charge in [-0.2, -0.15) is 5.10 Å². The number of hydrogen-bond acceptors (Lipinski definition) is 3. The van der Waals surface area contributed by atoms with Crippen molar-refractivity contribution in [1.29, 1.82) is 0 Å². The predicted octanol–water partition coefficient (Wildman–Crippen LogP) is 3.91. The van der Waals surface area contributed by atoms with E-state index in [1.807, 2.05) is 36.6 Å². The normalized spacial score (nSPS) is 14.6. The van der Waals surface area contributed by atoms with Crippen molar-refractivity contribution < 1.29 is 9.59 Å². The Bertz CT molecular complexity index is 910. The zero-order chi connectivity index (χ0) is 20.3. The minimum absolute atomic E-state index is 0.0886. The molecular weight excluding hydrogens is 399 g/mol. The predicted molar refractivity (Wildman–Crippen MR) is 111 cm³/mol. The first kappa shape index (κ1) is 20.4. The van der Waals surface area contributed by atoms with Crippen LogP contribution in [-0.2, 0) is 9.59 Å². The standard InChI is InChI=1S/C20H22Cl2N4O2/c1-12-7-14(13(2)26(12)18-9-15(21)8-16(22)10-18)11-23-25-20(28)19(27)24-17-5-3-4-6-17/h7-11,17H,3-6H2,1-2H3,(H,24,27)(H,25,28)/b23-11+. The Morgan fingerprint density at radius 2 is 1.71 bits per heavy atom. The lowest BCUT2D eigenvalue weighted by atomic mass is 10.2. The Morgan fingerprint density at radius 1 is 1.07 bits per heavy atom. The molecule has 0 radical (unpaired) electrons. The van der Waals surface area contributed by atoms with Crippen LogP contribution >= 0.6 is 23.2 Å². The zero-order valence-corrected chi connectivity index (χ0v) is 17.3. The number of carbonyl (C=O) groups excluding carboxylic acids is 2. The summed E-state index contributed by atoms with van der Waals surface area (Å²) in [5.74, 6) is -1.42. The summed E-state index contributed by atoms with van der Waals surface area (Å²) in [7, 11) is 0. The molecule has 1 heterocycles. The molecule has 2 aromatic rings. The maximum atomic E-state index is 11.9. The van der Waals surface area contributed by atoms with Gasteiger partial charge >= 0.3 is 11.8 Å². The Labute approximate surface area is 173 Å². The molecule has 1 aromatic carbocycles. The minimum Gasteiger partial charge on any atom is -0.345 e. The lowest BCUT2D eigenvalue weighted by molar-refractivity contribution is -0.139. The van der Waals surface area contributed by atoms with Gasteiger partial charge in [-0.15, -0.1) is 0 Å². The molecule has 0 aliphatic heterocycles. The van der Waals surface area contributed by atoms with Crippen LogP contribution in [0.25, 0.3) is 5.69 Å². The van der Waals surface area contributed by atoms with Crippen molar-refractivity contribution in [3.05, 3.63) is 51.3 Å². The third-order valence-corrected chi connectivity index (χ3v) is 5.28. The van der Waals surface area contributed by atoms with Crippen LogP contribution in [0.3, 0.4) is 0 Å². The van der Waals surface area contributed by atoms with Crippen LogP contribution in [0.4, 0.5) is 0 Å². The second-order valence-corrected chi connectivity index (χ2v) is 7.82. The summed E-state index contributed by atoms with van der Waals surface area (Å²) in [5, 5.41) is 7.75. The summed E-state index contributed by atoms with van der Waals surface area (Å²) in [6, 6.07) is 7.34. The van der Waals surface area contributed by atoms with E-state index in [9.17, 15) is 9.59 Å². The molecular formula is C20H22Cl2N4O2. The van der Waals surface area contributed by atoms with Gasteiger partial charge in [-0.1, -0.05) is 36.0 Å². The Morgan fingerprint density at radius 3 is 2.36 bits per heavy atom. The van der Waals surface area contributed by atoms with E-state index in [2.05, 4.69) is 15.8 Å². The molecule has 1 aliphatic rings. The van der Waals surface area contributed by atoms with Gasteiger partial charge in [-0.05, 0) is 51.0 Å². The van der Waals surface area contributed by atoms with Crippen LogP contribution in [0.15, 0.2) is 29.4 Å². The number of aryl methyl sites for hydroxylation is 1. The Hall–Kier alpha value is -2.31. The molecule has 2 amide bonds. The molecule has 148 valence electrons. The first-order valence-corrected chi connectivity index (χ1v) is 9.90. The Balaban J connectivity index is 1.69. The van der Waals surface area contributed by atoms with Gasteiger partial charge in [-0.3, -0.25) is 9.59 Å². The van der Waals surface area contributed by atoms with Crippen LogP contribution in [0.2, 0.25) is 10.0 Å². The number of benzene rings is 1. The highest BCUT2D eigenvalue weighted by Gasteiger charge is 2.21. The molecule has 3 rings (SSSR count). The number of rotatable bonds is 4. The highest BCUT2D eigenvalue weighted by Crippen LogP contribution is 2.26. The van der Waals surface area contributed by atoms with Gasteiger partial charge in [-0.25, -0.2) is 5.43 Å². The molecule has 2 N–H and O–H groups in total. The van der Waals surface area contributed by atoms with Crippen molar-refractivity contribution in [2.75, 3.05) is 0 Å². The summed E-state index contributed by atoms with van der Waals surface area (Å²) in [5.41, 5.74) is 5.80. The van der Waals surface area contributed by atoms with E-state index < -0.39 is 11.8 Å². The van der Waals surface area contributed by atoms with Crippen molar-refractivity contribution in [2.24, 2.45) is 5.10 Å². The highest BCUT2D eigenvalue weighted by molar-refractivity contribution is 6.35. The maximum Gasteiger partial charge on any atom is 0.329 e. The number of amides is 2. The molecule has 1 aliphatic carbocycles. The van der Waals surface area contributed by atoms with Crippen LogP contribution in [-0.4, -0.2) is 28.6 Å². The van der Waals surface area contributed by atoms with Crippen molar-refractivity contribution in [2.45, 2.75) is 45.6 Å². The molecule has 6 nitrogen and oxygen atoms in total. The fourth-order valence-corrected chi connectivity index (χ4v) is 4.03. The second-order valence-electron chi connectivity index (χ2n) is 6.94. The van der Waals surface area contributed by atoms with Crippen molar-refractivity contribution in [3.8, 4) is 5.69 Å². The fraction of sp³-hybridized carbons (Fsp3) is 0.350. The summed E-state index contributed by atoms with van der Waals surface area (Å²) < 4.78 is 1.99. The molecule has 1 fully saturated rings. The first-order chi connectivity index (χ1) is 13.3. The molecule has 1 aromatic heterocycles. The lowest BCUT2D eigenvalue weighted by Crippen LogP contribution is -2.42. The van der Waals surface area contributed by atoms with Crippen molar-refractivity contribution in [3.63, 3.8) is 0 Å². The minimum atomic E-state index is -0.765. The van der Waals surface area contributed by atoms with Gasteiger partial charge in [0.15, 0.2) is 0 Å². The lowest BCUT2D eigenvalue weighted by Gasteiger charge is -2.11. The van der Waals surface area contributed by atoms with E-state index in [1.165, 1.54) is 6.21 Å². The van der Waals surface area contributed by atoms with Gasteiger partial charge in [0.25, 0.3) is 0 Å². The van der Waals surface area contributed by atoms with E-state index in [4.69, 9.17) is 23.2 Å². The monoisotopic (exact) mass is 420 g/mol. The zero-order valence-electron chi connectivity index (χ0n) is 15.8. The number of hydrogen-bond donors (Lipinski definition) is 2. The molecule has 8 heteroatoms. The average Bonchev–Trinajstić information content (AvgIpc) is 3.22. The largest absolute Gasteiger partial charge is 0.345 e. The summed E-state index contributed by atoms with van der Waals surface area (Å²) in [6.07, 6.45) is 5.52. The maximum absolute atomic E-state index is 11.9. The molecule has 0 unspecified atom stereocenters. The fourth-order valence-electron chi connectivity index (χ4n) is 3.52. The van der Waals surface area contributed by atoms with Crippen molar-refractivity contribution >= 4 is 41.2 Å². The van der Waals surface area contributed by atoms with E-state index in [-0.39, 0.29) is 6.04 Å². The number of aromatic nitrogens is 1. The highest BCUT2D eigenvalue weighted by atomic mass is 35.5. The molecule has 0 bridgehead atoms. The van der Waals surface area contributed by atoms with Gasteiger partial charge in [0, 0.05) is 38.7 Å². The Kier molecular flexibility index (Phi) is 6.42. The molecule has 0 saturated heterocycles. The smallest absolute Gasteiger partial charge is 0.329 e. The number of hydrazone groups is 1. The van der Waals surface area contributed by atoms with E-state index in [1.54, 1.807) is 6.07 Å². The second kappa shape index (κ2) is 8.80. The third-order valence-electron chi connectivity index (χ3n) is 4.84. The summed E-state index contributed by atoms with van der Waals surface area (Å²) >= 11 is 12.2. The summed E-state index contributed by atoms with van der Waals surface area (Å²) in [4.78, 5) is 23.8. The van der Waals surface area contributed by atoms with E-state index >= 15 is 0 Å². The van der Waals surface area contributed by atoms with E-state index in [0.717, 1.165) is 48.3 Å². The van der Waals surface area contributed by atoms with Gasteiger partial charge < -0.3 is 9.88 Å². The average molecular weight is 421 g/mol. The molecule has 0 atom stereocenters. The number of carbonyl (C=O) groups is 2.